The van der Waals surface area contributed by atoms with Gasteiger partial charge < -0.3 is 24.3 Å². The monoisotopic (exact) mass is 351 g/mol. The molecule has 25 heavy (non-hydrogen) atoms. The zero-order valence-electron chi connectivity index (χ0n) is 14.4. The smallest absolute Gasteiger partial charge is 0.338 e. The van der Waals surface area contributed by atoms with Gasteiger partial charge in [0.25, 0.3) is 5.91 Å². The number of ether oxygens (including phenoxy) is 4. The van der Waals surface area contributed by atoms with Crippen molar-refractivity contribution in [3.8, 4) is 11.5 Å². The van der Waals surface area contributed by atoms with Crippen molar-refractivity contribution in [2.45, 2.75) is 26.3 Å². The lowest BCUT2D eigenvalue weighted by Gasteiger charge is -2.21. The van der Waals surface area contributed by atoms with Crippen LogP contribution in [0.15, 0.2) is 18.2 Å². The third-order valence-electron chi connectivity index (χ3n) is 3.93. The van der Waals surface area contributed by atoms with Crippen molar-refractivity contribution in [3.05, 3.63) is 23.8 Å². The molecule has 1 amide bonds. The first-order chi connectivity index (χ1) is 12.0. The minimum atomic E-state index is -0.785. The van der Waals surface area contributed by atoms with Gasteiger partial charge in [-0.15, -0.1) is 0 Å². The number of carbonyl (C=O) groups excluding carboxylic acids is 3. The van der Waals surface area contributed by atoms with E-state index in [0.717, 1.165) is 0 Å². The molecule has 0 unspecified atom stereocenters. The number of esters is 2. The molecule has 0 fully saturated rings. The van der Waals surface area contributed by atoms with E-state index in [1.165, 1.54) is 19.2 Å². The van der Waals surface area contributed by atoms with Crippen LogP contribution in [0.3, 0.4) is 0 Å². The summed E-state index contributed by atoms with van der Waals surface area (Å²) in [5.41, 5.74) is 0.239. The Morgan fingerprint density at radius 1 is 1.24 bits per heavy atom. The Bertz CT molecular complexity index is 658. The highest BCUT2D eigenvalue weighted by atomic mass is 16.7. The highest BCUT2D eigenvalue weighted by Gasteiger charge is 2.27. The summed E-state index contributed by atoms with van der Waals surface area (Å²) in [4.78, 5) is 35.7. The van der Waals surface area contributed by atoms with Crippen LogP contribution in [0.5, 0.6) is 11.5 Å². The Morgan fingerprint density at radius 2 is 1.96 bits per heavy atom. The molecule has 0 aromatic heterocycles. The van der Waals surface area contributed by atoms with Gasteiger partial charge in [0.2, 0.25) is 6.79 Å². The Morgan fingerprint density at radius 3 is 2.64 bits per heavy atom. The number of amides is 1. The van der Waals surface area contributed by atoms with E-state index < -0.39 is 30.5 Å². The second-order valence-corrected chi connectivity index (χ2v) is 5.60. The van der Waals surface area contributed by atoms with Crippen molar-refractivity contribution in [2.75, 3.05) is 20.5 Å². The minimum Gasteiger partial charge on any atom is -0.467 e. The van der Waals surface area contributed by atoms with Crippen molar-refractivity contribution in [3.63, 3.8) is 0 Å². The van der Waals surface area contributed by atoms with Gasteiger partial charge in [-0.1, -0.05) is 20.3 Å². The number of benzene rings is 1. The first-order valence-corrected chi connectivity index (χ1v) is 7.90. The largest absolute Gasteiger partial charge is 0.467 e. The number of fused-ring (bicyclic) bond motifs is 1. The molecule has 1 N–H and O–H groups in total. The molecule has 8 heteroatoms. The van der Waals surface area contributed by atoms with Gasteiger partial charge in [0.05, 0.1) is 12.7 Å². The molecule has 1 heterocycles. The molecule has 0 spiro atoms. The first-order valence-electron chi connectivity index (χ1n) is 7.90. The Labute approximate surface area is 145 Å². The number of methoxy groups -OCH3 is 1. The van der Waals surface area contributed by atoms with Crippen molar-refractivity contribution in [2.24, 2.45) is 5.92 Å². The van der Waals surface area contributed by atoms with E-state index in [1.807, 2.05) is 13.8 Å². The van der Waals surface area contributed by atoms with E-state index >= 15 is 0 Å². The quantitative estimate of drug-likeness (QED) is 0.739. The highest BCUT2D eigenvalue weighted by molar-refractivity contribution is 5.92. The third kappa shape index (κ3) is 4.62. The summed E-state index contributed by atoms with van der Waals surface area (Å²) >= 11 is 0. The van der Waals surface area contributed by atoms with Gasteiger partial charge in [0.1, 0.15) is 6.04 Å². The lowest BCUT2D eigenvalue weighted by molar-refractivity contribution is -0.147. The van der Waals surface area contributed by atoms with E-state index in [4.69, 9.17) is 14.2 Å². The molecule has 136 valence electrons. The molecule has 1 aromatic rings. The van der Waals surface area contributed by atoms with Crippen molar-refractivity contribution in [1.29, 1.82) is 0 Å². The fourth-order valence-corrected chi connectivity index (χ4v) is 2.25. The summed E-state index contributed by atoms with van der Waals surface area (Å²) in [6, 6.07) is 3.81. The number of nitrogens with one attached hydrogen (secondary N) is 1. The van der Waals surface area contributed by atoms with Crippen LogP contribution in [0.1, 0.15) is 30.6 Å². The standard InChI is InChI=1S/C17H21NO7/c1-4-10(2)15(17(21)22-3)18-14(19)8-23-16(20)11-5-6-12-13(7-11)25-9-24-12/h5-7,10,15H,4,8-9H2,1-3H3,(H,18,19)/t10-,15+/m1/s1. The number of carbonyl (C=O) groups is 3. The van der Waals surface area contributed by atoms with E-state index in [2.05, 4.69) is 10.1 Å². The SMILES string of the molecule is CC[C@@H](C)[C@H](NC(=O)COC(=O)c1ccc2c(c1)OCO2)C(=O)OC. The van der Waals surface area contributed by atoms with Gasteiger partial charge in [0.15, 0.2) is 18.1 Å². The first kappa shape index (κ1) is 18.6. The van der Waals surface area contributed by atoms with Crippen LogP contribution in [-0.4, -0.2) is 44.4 Å². The average molecular weight is 351 g/mol. The Balaban J connectivity index is 1.90. The van der Waals surface area contributed by atoms with Gasteiger partial charge in [0, 0.05) is 0 Å². The molecule has 0 radical (unpaired) electrons. The molecule has 8 nitrogen and oxygen atoms in total. The zero-order valence-corrected chi connectivity index (χ0v) is 14.4. The molecule has 1 aliphatic heterocycles. The molecule has 1 aliphatic rings. The zero-order chi connectivity index (χ0) is 18.4. The molecule has 0 bridgehead atoms. The predicted molar refractivity (Wildman–Crippen MR) is 86.2 cm³/mol. The van der Waals surface area contributed by atoms with Gasteiger partial charge in [-0.2, -0.15) is 0 Å². The lowest BCUT2D eigenvalue weighted by atomic mass is 9.99. The molecule has 0 saturated carbocycles. The third-order valence-corrected chi connectivity index (χ3v) is 3.93. The van der Waals surface area contributed by atoms with Crippen LogP contribution in [0.25, 0.3) is 0 Å². The predicted octanol–water partition coefficient (Wildman–Crippen LogP) is 1.28. The maximum Gasteiger partial charge on any atom is 0.338 e. The second kappa shape index (κ2) is 8.36. The van der Waals surface area contributed by atoms with Gasteiger partial charge in [-0.3, -0.25) is 4.79 Å². The molecule has 0 saturated heterocycles. The molecule has 0 aliphatic carbocycles. The van der Waals surface area contributed by atoms with E-state index in [1.54, 1.807) is 6.07 Å². The van der Waals surface area contributed by atoms with E-state index in [-0.39, 0.29) is 18.3 Å². The van der Waals surface area contributed by atoms with Gasteiger partial charge in [-0.25, -0.2) is 9.59 Å². The Kier molecular flexibility index (Phi) is 6.21. The molecule has 2 atom stereocenters. The van der Waals surface area contributed by atoms with Crippen molar-refractivity contribution >= 4 is 17.8 Å². The van der Waals surface area contributed by atoms with Crippen LogP contribution in [-0.2, 0) is 19.1 Å². The topological polar surface area (TPSA) is 100 Å². The molecular formula is C17H21NO7. The van der Waals surface area contributed by atoms with Crippen LogP contribution in [0.2, 0.25) is 0 Å². The summed E-state index contributed by atoms with van der Waals surface area (Å²) in [6.45, 7) is 3.31. The fourth-order valence-electron chi connectivity index (χ4n) is 2.25. The van der Waals surface area contributed by atoms with Crippen molar-refractivity contribution in [1.82, 2.24) is 5.32 Å². The number of hydrogen-bond acceptors (Lipinski definition) is 7. The maximum atomic E-state index is 12.0. The van der Waals surface area contributed by atoms with Gasteiger partial charge >= 0.3 is 11.9 Å². The lowest BCUT2D eigenvalue weighted by Crippen LogP contribution is -2.47. The minimum absolute atomic E-state index is 0.0980. The molecule has 2 rings (SSSR count). The van der Waals surface area contributed by atoms with Crippen LogP contribution >= 0.6 is 0 Å². The fraction of sp³-hybridized carbons (Fsp3) is 0.471. The van der Waals surface area contributed by atoms with E-state index in [0.29, 0.717) is 17.9 Å². The molecular weight excluding hydrogens is 330 g/mol. The van der Waals surface area contributed by atoms with Crippen molar-refractivity contribution < 1.29 is 33.3 Å². The van der Waals surface area contributed by atoms with Crippen LogP contribution in [0.4, 0.5) is 0 Å². The molecule has 1 aromatic carbocycles. The van der Waals surface area contributed by atoms with E-state index in [9.17, 15) is 14.4 Å². The highest BCUT2D eigenvalue weighted by Crippen LogP contribution is 2.32. The summed E-state index contributed by atoms with van der Waals surface area (Å²) in [5, 5.41) is 2.53. The van der Waals surface area contributed by atoms with Crippen LogP contribution < -0.4 is 14.8 Å². The maximum absolute atomic E-state index is 12.0. The summed E-state index contributed by atoms with van der Waals surface area (Å²) in [5.74, 6) is -0.910. The average Bonchev–Trinajstić information content (AvgIpc) is 3.10. The number of hydrogen-bond donors (Lipinski definition) is 1. The number of rotatable bonds is 7. The summed E-state index contributed by atoms with van der Waals surface area (Å²) in [6.07, 6.45) is 0.678. The Hall–Kier alpha value is -2.77. The second-order valence-electron chi connectivity index (χ2n) is 5.60. The van der Waals surface area contributed by atoms with Crippen LogP contribution in [0, 0.1) is 5.92 Å². The normalized spacial score (nSPS) is 14.4. The van der Waals surface area contributed by atoms with Gasteiger partial charge in [-0.05, 0) is 24.1 Å². The summed E-state index contributed by atoms with van der Waals surface area (Å²) < 4.78 is 20.0. The summed E-state index contributed by atoms with van der Waals surface area (Å²) in [7, 11) is 1.25.